The Morgan fingerprint density at radius 2 is 2.50 bits per heavy atom. The number of carbonyl (C=O) groups is 1. The minimum Gasteiger partial charge on any atom is -0.396 e. The Kier molecular flexibility index (Phi) is 3.86. The number of ether oxygens (including phenoxy) is 1. The van der Waals surface area contributed by atoms with E-state index in [1.54, 1.807) is 13.2 Å². The molecule has 1 amide bonds. The average Bonchev–Trinajstić information content (AvgIpc) is 2.92. The van der Waals surface area contributed by atoms with Crippen LogP contribution in [0.2, 0.25) is 0 Å². The van der Waals surface area contributed by atoms with Gasteiger partial charge in [0, 0.05) is 32.3 Å². The number of nitrogens with zero attached hydrogens (tertiary/aromatic N) is 2. The van der Waals surface area contributed by atoms with Gasteiger partial charge in [-0.15, -0.1) is 0 Å². The van der Waals surface area contributed by atoms with Crippen LogP contribution in [0.15, 0.2) is 6.20 Å². The van der Waals surface area contributed by atoms with Gasteiger partial charge in [0.2, 0.25) is 0 Å². The molecule has 2 heterocycles. The van der Waals surface area contributed by atoms with Crippen molar-refractivity contribution < 1.29 is 9.53 Å². The molecule has 1 aliphatic rings. The van der Waals surface area contributed by atoms with Crippen LogP contribution >= 0.6 is 0 Å². The zero-order valence-electron chi connectivity index (χ0n) is 10.8. The predicted molar refractivity (Wildman–Crippen MR) is 68.1 cm³/mol. The zero-order valence-corrected chi connectivity index (χ0v) is 10.8. The topological polar surface area (TPSA) is 82.2 Å². The molecule has 1 saturated heterocycles. The number of hydrogen-bond donors (Lipinski definition) is 2. The molecule has 1 fully saturated rings. The highest BCUT2D eigenvalue weighted by Gasteiger charge is 2.27. The van der Waals surface area contributed by atoms with E-state index in [2.05, 4.69) is 17.3 Å². The Balaban J connectivity index is 1.90. The van der Waals surface area contributed by atoms with Crippen LogP contribution in [0.3, 0.4) is 0 Å². The summed E-state index contributed by atoms with van der Waals surface area (Å²) in [4.78, 5) is 11.9. The summed E-state index contributed by atoms with van der Waals surface area (Å²) in [5.74, 6) is 0.179. The van der Waals surface area contributed by atoms with E-state index < -0.39 is 0 Å². The molecule has 0 saturated carbocycles. The summed E-state index contributed by atoms with van der Waals surface area (Å²) in [6.07, 6.45) is 3.86. The normalized spacial score (nSPS) is 23.2. The SMILES string of the molecule is CCC1OCCC1CNC(=O)c1nn(C)cc1N. The van der Waals surface area contributed by atoms with Crippen molar-refractivity contribution in [3.8, 4) is 0 Å². The zero-order chi connectivity index (χ0) is 13.1. The van der Waals surface area contributed by atoms with Gasteiger partial charge in [0.15, 0.2) is 5.69 Å². The number of carbonyl (C=O) groups excluding carboxylic acids is 1. The number of aryl methyl sites for hydroxylation is 1. The maximum absolute atomic E-state index is 11.9. The Hall–Kier alpha value is -1.56. The minimum absolute atomic E-state index is 0.213. The number of rotatable bonds is 4. The third-order valence-electron chi connectivity index (χ3n) is 3.35. The van der Waals surface area contributed by atoms with Gasteiger partial charge in [-0.1, -0.05) is 6.92 Å². The fourth-order valence-corrected chi connectivity index (χ4v) is 2.37. The lowest BCUT2D eigenvalue weighted by Crippen LogP contribution is -2.33. The van der Waals surface area contributed by atoms with Crippen LogP contribution in [0.1, 0.15) is 30.3 Å². The molecule has 0 bridgehead atoms. The van der Waals surface area contributed by atoms with Crippen molar-refractivity contribution in [3.05, 3.63) is 11.9 Å². The van der Waals surface area contributed by atoms with Gasteiger partial charge in [-0.3, -0.25) is 9.48 Å². The molecular weight excluding hydrogens is 232 g/mol. The number of anilines is 1. The lowest BCUT2D eigenvalue weighted by molar-refractivity contribution is 0.0825. The van der Waals surface area contributed by atoms with E-state index in [9.17, 15) is 4.79 Å². The van der Waals surface area contributed by atoms with Crippen molar-refractivity contribution in [2.45, 2.75) is 25.9 Å². The van der Waals surface area contributed by atoms with E-state index in [0.717, 1.165) is 19.4 Å². The molecule has 6 nitrogen and oxygen atoms in total. The van der Waals surface area contributed by atoms with Crippen molar-refractivity contribution in [2.75, 3.05) is 18.9 Å². The number of aromatic nitrogens is 2. The van der Waals surface area contributed by atoms with Gasteiger partial charge in [-0.2, -0.15) is 5.10 Å². The number of nitrogens with two attached hydrogens (primary N) is 1. The van der Waals surface area contributed by atoms with E-state index >= 15 is 0 Å². The van der Waals surface area contributed by atoms with Gasteiger partial charge < -0.3 is 15.8 Å². The summed E-state index contributed by atoms with van der Waals surface area (Å²) in [7, 11) is 1.74. The molecule has 6 heteroatoms. The first-order valence-electron chi connectivity index (χ1n) is 6.30. The van der Waals surface area contributed by atoms with Crippen LogP contribution in [0, 0.1) is 5.92 Å². The summed E-state index contributed by atoms with van der Waals surface area (Å²) >= 11 is 0. The first-order valence-corrected chi connectivity index (χ1v) is 6.30. The van der Waals surface area contributed by atoms with Crippen molar-refractivity contribution in [1.82, 2.24) is 15.1 Å². The first-order chi connectivity index (χ1) is 8.61. The highest BCUT2D eigenvalue weighted by Crippen LogP contribution is 2.22. The smallest absolute Gasteiger partial charge is 0.273 e. The number of hydrogen-bond acceptors (Lipinski definition) is 4. The third-order valence-corrected chi connectivity index (χ3v) is 3.35. The van der Waals surface area contributed by atoms with Gasteiger partial charge in [0.1, 0.15) is 0 Å². The molecule has 2 atom stereocenters. The van der Waals surface area contributed by atoms with Crippen molar-refractivity contribution in [3.63, 3.8) is 0 Å². The Labute approximate surface area is 106 Å². The second-order valence-corrected chi connectivity index (χ2v) is 4.68. The standard InChI is InChI=1S/C12H20N4O2/c1-3-10-8(4-5-18-10)6-14-12(17)11-9(13)7-16(2)15-11/h7-8,10H,3-6,13H2,1-2H3,(H,14,17). The second kappa shape index (κ2) is 5.39. The van der Waals surface area contributed by atoms with Crippen molar-refractivity contribution >= 4 is 11.6 Å². The van der Waals surface area contributed by atoms with Gasteiger partial charge in [-0.05, 0) is 12.8 Å². The van der Waals surface area contributed by atoms with E-state index in [1.165, 1.54) is 4.68 Å². The molecule has 0 aliphatic carbocycles. The van der Waals surface area contributed by atoms with Gasteiger partial charge >= 0.3 is 0 Å². The first kappa shape index (κ1) is 12.9. The summed E-state index contributed by atoms with van der Waals surface area (Å²) in [6.45, 7) is 3.50. The van der Waals surface area contributed by atoms with E-state index in [-0.39, 0.29) is 12.0 Å². The van der Waals surface area contributed by atoms with E-state index in [1.807, 2.05) is 0 Å². The third kappa shape index (κ3) is 2.64. The minimum atomic E-state index is -0.213. The highest BCUT2D eigenvalue weighted by molar-refractivity contribution is 5.96. The van der Waals surface area contributed by atoms with E-state index in [4.69, 9.17) is 10.5 Å². The molecule has 1 aliphatic heterocycles. The quantitative estimate of drug-likeness (QED) is 0.819. The van der Waals surface area contributed by atoms with Crippen molar-refractivity contribution in [2.24, 2.45) is 13.0 Å². The Morgan fingerprint density at radius 3 is 3.11 bits per heavy atom. The van der Waals surface area contributed by atoms with Crippen LogP contribution < -0.4 is 11.1 Å². The summed E-state index contributed by atoms with van der Waals surface area (Å²) in [5, 5.41) is 6.93. The molecule has 2 unspecified atom stereocenters. The van der Waals surface area contributed by atoms with Crippen molar-refractivity contribution in [1.29, 1.82) is 0 Å². The number of nitrogens with one attached hydrogen (secondary N) is 1. The lowest BCUT2D eigenvalue weighted by Gasteiger charge is -2.16. The number of amides is 1. The number of nitrogen functional groups attached to an aromatic ring is 1. The molecule has 0 aromatic carbocycles. The maximum atomic E-state index is 11.9. The second-order valence-electron chi connectivity index (χ2n) is 4.68. The van der Waals surface area contributed by atoms with Gasteiger partial charge in [0.05, 0.1) is 11.8 Å². The fourth-order valence-electron chi connectivity index (χ4n) is 2.37. The summed E-state index contributed by atoms with van der Waals surface area (Å²) in [6, 6.07) is 0. The molecule has 0 radical (unpaired) electrons. The van der Waals surface area contributed by atoms with Crippen LogP contribution in [0.25, 0.3) is 0 Å². The molecule has 0 spiro atoms. The largest absolute Gasteiger partial charge is 0.396 e. The van der Waals surface area contributed by atoms with Crippen LogP contribution in [0.4, 0.5) is 5.69 Å². The average molecular weight is 252 g/mol. The van der Waals surface area contributed by atoms with Crippen LogP contribution in [-0.2, 0) is 11.8 Å². The van der Waals surface area contributed by atoms with Crippen LogP contribution in [0.5, 0.6) is 0 Å². The molecule has 3 N–H and O–H groups in total. The van der Waals surface area contributed by atoms with E-state index in [0.29, 0.717) is 23.8 Å². The molecule has 1 aromatic rings. The van der Waals surface area contributed by atoms with Gasteiger partial charge in [-0.25, -0.2) is 0 Å². The molecular formula is C12H20N4O2. The molecule has 100 valence electrons. The summed E-state index contributed by atoms with van der Waals surface area (Å²) in [5.41, 5.74) is 6.41. The Morgan fingerprint density at radius 1 is 1.72 bits per heavy atom. The molecule has 2 rings (SSSR count). The Bertz CT molecular complexity index is 430. The molecule has 1 aromatic heterocycles. The maximum Gasteiger partial charge on any atom is 0.273 e. The lowest BCUT2D eigenvalue weighted by atomic mass is 10.00. The highest BCUT2D eigenvalue weighted by atomic mass is 16.5. The predicted octanol–water partition coefficient (Wildman–Crippen LogP) is 0.547. The van der Waals surface area contributed by atoms with Gasteiger partial charge in [0.25, 0.3) is 5.91 Å². The fraction of sp³-hybridized carbons (Fsp3) is 0.667. The molecule has 18 heavy (non-hydrogen) atoms. The summed E-state index contributed by atoms with van der Waals surface area (Å²) < 4.78 is 7.12. The van der Waals surface area contributed by atoms with Crippen LogP contribution in [-0.4, -0.2) is 34.9 Å². The monoisotopic (exact) mass is 252 g/mol.